The molecule has 0 aliphatic carbocycles. The average molecular weight is 498 g/mol. The molecule has 4 aromatic carbocycles. The smallest absolute Gasteiger partial charge is 0.347 e. The number of rotatable bonds is 7. The molecule has 0 heterocycles. The fraction of sp³-hybridized carbons (Fsp3) is 0. The summed E-state index contributed by atoms with van der Waals surface area (Å²) in [5.74, 6) is -4.81. The van der Waals surface area contributed by atoms with Crippen LogP contribution in [0.1, 0.15) is 41.4 Å². The average Bonchev–Trinajstić information content (AvgIpc) is 2.89. The summed E-state index contributed by atoms with van der Waals surface area (Å²) < 4.78 is 16.0. The first kappa shape index (κ1) is 24.7. The number of carboxylic acids is 1. The Balaban J connectivity index is 1.56. The lowest BCUT2D eigenvalue weighted by Gasteiger charge is -2.13. The van der Waals surface area contributed by atoms with Crippen LogP contribution in [0.5, 0.6) is 23.0 Å². The number of phenols is 1. The number of hydrogen-bond acceptors (Lipinski definition) is 8. The summed E-state index contributed by atoms with van der Waals surface area (Å²) in [4.78, 5) is 49.8. The normalized spacial score (nSPS) is 10.3. The van der Waals surface area contributed by atoms with Crippen molar-refractivity contribution in [2.24, 2.45) is 0 Å². The molecule has 37 heavy (non-hydrogen) atoms. The molecule has 184 valence electrons. The summed E-state index contributed by atoms with van der Waals surface area (Å²) in [6, 6.07) is 22.9. The summed E-state index contributed by atoms with van der Waals surface area (Å²) >= 11 is 0. The second kappa shape index (κ2) is 10.9. The molecule has 9 heteroatoms. The maximum atomic E-state index is 13.0. The Bertz CT molecular complexity index is 1510. The van der Waals surface area contributed by atoms with Crippen LogP contribution in [-0.4, -0.2) is 34.1 Å². The predicted molar refractivity (Wildman–Crippen MR) is 129 cm³/mol. The topological polar surface area (TPSA) is 136 Å². The van der Waals surface area contributed by atoms with Crippen LogP contribution < -0.4 is 14.2 Å². The molecule has 0 aliphatic rings. The first-order chi connectivity index (χ1) is 17.8. The minimum absolute atomic E-state index is 0.0968. The van der Waals surface area contributed by atoms with E-state index < -0.39 is 23.9 Å². The zero-order valence-corrected chi connectivity index (χ0v) is 19.0. The number of para-hydroxylation sites is 4. The van der Waals surface area contributed by atoms with Crippen molar-refractivity contribution in [2.75, 3.05) is 0 Å². The zero-order chi connectivity index (χ0) is 26.4. The quantitative estimate of drug-likeness (QED) is 0.273. The standard InChI is InChI=1S/C28H18O9/c29-21-13-5-1-9-17(21)26(32)36-23-15-7-3-11-19(23)28(34)37-24-16-8-4-12-20(24)27(33)35-22-14-6-2-10-18(22)25(30)31/h1-16,29H,(H,30,31). The highest BCUT2D eigenvalue weighted by Crippen LogP contribution is 2.27. The van der Waals surface area contributed by atoms with Crippen LogP contribution in [0.15, 0.2) is 97.1 Å². The number of hydrogen-bond donors (Lipinski definition) is 2. The molecular weight excluding hydrogens is 480 g/mol. The largest absolute Gasteiger partial charge is 0.507 e. The Morgan fingerprint density at radius 3 is 1.22 bits per heavy atom. The molecule has 4 rings (SSSR count). The van der Waals surface area contributed by atoms with Crippen molar-refractivity contribution in [2.45, 2.75) is 0 Å². The van der Waals surface area contributed by atoms with Crippen LogP contribution in [0.2, 0.25) is 0 Å². The van der Waals surface area contributed by atoms with E-state index in [1.165, 1.54) is 84.9 Å². The molecule has 4 aromatic rings. The number of ether oxygens (including phenoxy) is 3. The van der Waals surface area contributed by atoms with Crippen LogP contribution in [-0.2, 0) is 0 Å². The predicted octanol–water partition coefficient (Wildman–Crippen LogP) is 4.75. The first-order valence-corrected chi connectivity index (χ1v) is 10.8. The number of phenolic OH excluding ortho intramolecular Hbond substituents is 1. The molecule has 0 atom stereocenters. The number of carboxylic acid groups (broad SMARTS) is 1. The van der Waals surface area contributed by atoms with Gasteiger partial charge in [0.05, 0.1) is 0 Å². The van der Waals surface area contributed by atoms with Crippen LogP contribution in [0.3, 0.4) is 0 Å². The van der Waals surface area contributed by atoms with Crippen molar-refractivity contribution in [3.8, 4) is 23.0 Å². The second-order valence-electron chi connectivity index (χ2n) is 7.48. The van der Waals surface area contributed by atoms with Crippen LogP contribution in [0, 0.1) is 0 Å². The number of carbonyl (C=O) groups is 4. The SMILES string of the molecule is O=C(Oc1ccccc1C(=O)Oc1ccccc1C(=O)Oc1ccccc1C(=O)O)c1ccccc1O. The van der Waals surface area contributed by atoms with Gasteiger partial charge in [0.25, 0.3) is 0 Å². The molecule has 0 unspecified atom stereocenters. The van der Waals surface area contributed by atoms with Gasteiger partial charge in [-0.25, -0.2) is 19.2 Å². The van der Waals surface area contributed by atoms with Crippen molar-refractivity contribution >= 4 is 23.9 Å². The van der Waals surface area contributed by atoms with Crippen molar-refractivity contribution < 1.29 is 43.6 Å². The Morgan fingerprint density at radius 2 is 0.784 bits per heavy atom. The van der Waals surface area contributed by atoms with Gasteiger partial charge < -0.3 is 24.4 Å². The van der Waals surface area contributed by atoms with E-state index in [2.05, 4.69) is 0 Å². The van der Waals surface area contributed by atoms with Gasteiger partial charge in [0.1, 0.15) is 45.3 Å². The third-order valence-electron chi connectivity index (χ3n) is 5.06. The van der Waals surface area contributed by atoms with Crippen molar-refractivity contribution in [3.63, 3.8) is 0 Å². The van der Waals surface area contributed by atoms with Crippen LogP contribution in [0.4, 0.5) is 0 Å². The Morgan fingerprint density at radius 1 is 0.459 bits per heavy atom. The van der Waals surface area contributed by atoms with Crippen molar-refractivity contribution in [1.29, 1.82) is 0 Å². The summed E-state index contributed by atoms with van der Waals surface area (Å²) in [7, 11) is 0. The molecule has 0 saturated heterocycles. The highest BCUT2D eigenvalue weighted by molar-refractivity contribution is 6.00. The second-order valence-corrected chi connectivity index (χ2v) is 7.48. The maximum absolute atomic E-state index is 13.0. The molecular formula is C28H18O9. The van der Waals surface area contributed by atoms with Gasteiger partial charge in [-0.2, -0.15) is 0 Å². The molecule has 0 spiro atoms. The molecule has 0 aliphatic heterocycles. The van der Waals surface area contributed by atoms with E-state index in [9.17, 15) is 29.4 Å². The number of benzene rings is 4. The third kappa shape index (κ3) is 5.63. The van der Waals surface area contributed by atoms with E-state index in [1.54, 1.807) is 12.1 Å². The molecule has 0 radical (unpaired) electrons. The van der Waals surface area contributed by atoms with Gasteiger partial charge in [0.2, 0.25) is 0 Å². The lowest BCUT2D eigenvalue weighted by molar-refractivity contribution is 0.0677. The van der Waals surface area contributed by atoms with E-state index in [1.807, 2.05) is 0 Å². The fourth-order valence-corrected chi connectivity index (χ4v) is 3.29. The molecule has 0 aromatic heterocycles. The van der Waals surface area contributed by atoms with E-state index >= 15 is 0 Å². The fourth-order valence-electron chi connectivity index (χ4n) is 3.29. The summed E-state index contributed by atoms with van der Waals surface area (Å²) in [6.07, 6.45) is 0. The summed E-state index contributed by atoms with van der Waals surface area (Å²) in [5.41, 5.74) is -0.573. The van der Waals surface area contributed by atoms with Crippen molar-refractivity contribution in [3.05, 3.63) is 119 Å². The number of carbonyl (C=O) groups excluding carboxylic acids is 3. The van der Waals surface area contributed by atoms with E-state index in [0.29, 0.717) is 0 Å². The number of aromatic hydroxyl groups is 1. The Hall–Kier alpha value is -5.44. The molecule has 0 amide bonds. The minimum Gasteiger partial charge on any atom is -0.507 e. The summed E-state index contributed by atoms with van der Waals surface area (Å²) in [5, 5.41) is 19.2. The third-order valence-corrected chi connectivity index (χ3v) is 5.06. The van der Waals surface area contributed by atoms with E-state index in [-0.39, 0.29) is 45.3 Å². The molecule has 9 nitrogen and oxygen atoms in total. The van der Waals surface area contributed by atoms with Gasteiger partial charge in [-0.05, 0) is 48.5 Å². The Kier molecular flexibility index (Phi) is 7.25. The van der Waals surface area contributed by atoms with Crippen LogP contribution >= 0.6 is 0 Å². The van der Waals surface area contributed by atoms with E-state index in [0.717, 1.165) is 0 Å². The maximum Gasteiger partial charge on any atom is 0.347 e. The molecule has 0 fully saturated rings. The van der Waals surface area contributed by atoms with Gasteiger partial charge in [-0.3, -0.25) is 0 Å². The molecule has 2 N–H and O–H groups in total. The van der Waals surface area contributed by atoms with Crippen LogP contribution in [0.25, 0.3) is 0 Å². The first-order valence-electron chi connectivity index (χ1n) is 10.8. The zero-order valence-electron chi connectivity index (χ0n) is 19.0. The van der Waals surface area contributed by atoms with Gasteiger partial charge in [-0.1, -0.05) is 48.5 Å². The lowest BCUT2D eigenvalue weighted by Crippen LogP contribution is -2.17. The monoisotopic (exact) mass is 498 g/mol. The molecule has 0 saturated carbocycles. The highest BCUT2D eigenvalue weighted by atomic mass is 16.6. The minimum atomic E-state index is -1.28. The van der Waals surface area contributed by atoms with E-state index in [4.69, 9.17) is 14.2 Å². The number of aromatic carboxylic acids is 1. The molecule has 0 bridgehead atoms. The highest BCUT2D eigenvalue weighted by Gasteiger charge is 2.23. The summed E-state index contributed by atoms with van der Waals surface area (Å²) in [6.45, 7) is 0. The van der Waals surface area contributed by atoms with Gasteiger partial charge in [-0.15, -0.1) is 0 Å². The van der Waals surface area contributed by atoms with Gasteiger partial charge >= 0.3 is 23.9 Å². The lowest BCUT2D eigenvalue weighted by atomic mass is 10.1. The van der Waals surface area contributed by atoms with Gasteiger partial charge in [0.15, 0.2) is 0 Å². The Labute approximate surface area is 210 Å². The van der Waals surface area contributed by atoms with Crippen molar-refractivity contribution in [1.82, 2.24) is 0 Å². The van der Waals surface area contributed by atoms with Gasteiger partial charge in [0, 0.05) is 0 Å². The number of esters is 3.